The zero-order valence-corrected chi connectivity index (χ0v) is 9.99. The van der Waals surface area contributed by atoms with Crippen molar-refractivity contribution in [2.24, 2.45) is 0 Å². The van der Waals surface area contributed by atoms with Gasteiger partial charge in [-0.2, -0.15) is 0 Å². The Morgan fingerprint density at radius 3 is 2.94 bits per heavy atom. The third kappa shape index (κ3) is 2.13. The molecule has 82 valence electrons. The van der Waals surface area contributed by atoms with E-state index < -0.39 is 0 Å². The Kier molecular flexibility index (Phi) is 3.03. The van der Waals surface area contributed by atoms with Gasteiger partial charge in [0.15, 0.2) is 4.77 Å². The molecular formula is C11H8ClFN2S. The van der Waals surface area contributed by atoms with Crippen LogP contribution in [-0.4, -0.2) is 9.97 Å². The van der Waals surface area contributed by atoms with Gasteiger partial charge in [0.2, 0.25) is 0 Å². The van der Waals surface area contributed by atoms with Crippen molar-refractivity contribution < 1.29 is 4.39 Å². The van der Waals surface area contributed by atoms with Gasteiger partial charge in [-0.3, -0.25) is 0 Å². The van der Waals surface area contributed by atoms with Crippen molar-refractivity contribution in [3.05, 3.63) is 45.6 Å². The van der Waals surface area contributed by atoms with Crippen LogP contribution < -0.4 is 0 Å². The predicted octanol–water partition coefficient (Wildman–Crippen LogP) is 3.91. The van der Waals surface area contributed by atoms with Gasteiger partial charge < -0.3 is 4.98 Å². The number of hydrogen-bond acceptors (Lipinski definition) is 2. The number of halogens is 2. The first-order valence-corrected chi connectivity index (χ1v) is 5.38. The molecule has 0 unspecified atom stereocenters. The van der Waals surface area contributed by atoms with E-state index >= 15 is 0 Å². The molecule has 0 amide bonds. The molecule has 2 rings (SSSR count). The van der Waals surface area contributed by atoms with E-state index in [-0.39, 0.29) is 5.82 Å². The summed E-state index contributed by atoms with van der Waals surface area (Å²) in [7, 11) is 0. The van der Waals surface area contributed by atoms with Crippen LogP contribution in [0.2, 0.25) is 5.02 Å². The fourth-order valence-electron chi connectivity index (χ4n) is 1.43. The molecule has 0 spiro atoms. The summed E-state index contributed by atoms with van der Waals surface area (Å²) in [5.41, 5.74) is 2.15. The van der Waals surface area contributed by atoms with E-state index in [2.05, 4.69) is 9.97 Å². The summed E-state index contributed by atoms with van der Waals surface area (Å²) >= 11 is 10.9. The summed E-state index contributed by atoms with van der Waals surface area (Å²) in [6, 6.07) is 4.20. The van der Waals surface area contributed by atoms with Crippen LogP contribution in [-0.2, 0) is 0 Å². The summed E-state index contributed by atoms with van der Waals surface area (Å²) in [6.45, 7) is 1.86. The Balaban J connectivity index is 2.71. The molecule has 0 saturated carbocycles. The monoisotopic (exact) mass is 254 g/mol. The molecule has 0 aliphatic heterocycles. The lowest BCUT2D eigenvalue weighted by Crippen LogP contribution is -1.92. The first-order chi connectivity index (χ1) is 7.58. The zero-order chi connectivity index (χ0) is 11.7. The maximum Gasteiger partial charge on any atom is 0.197 e. The molecule has 0 fully saturated rings. The van der Waals surface area contributed by atoms with Gasteiger partial charge in [-0.05, 0) is 42.9 Å². The van der Waals surface area contributed by atoms with Gasteiger partial charge >= 0.3 is 0 Å². The highest BCUT2D eigenvalue weighted by Gasteiger charge is 2.08. The van der Waals surface area contributed by atoms with Crippen molar-refractivity contribution in [1.29, 1.82) is 0 Å². The Morgan fingerprint density at radius 1 is 1.44 bits per heavy atom. The fraction of sp³-hybridized carbons (Fsp3) is 0.0909. The van der Waals surface area contributed by atoms with Gasteiger partial charge in [0.05, 0.1) is 10.7 Å². The van der Waals surface area contributed by atoms with Crippen LogP contribution in [0.5, 0.6) is 0 Å². The minimum absolute atomic E-state index is 0.338. The number of aromatic nitrogens is 2. The molecule has 0 saturated heterocycles. The highest BCUT2D eigenvalue weighted by atomic mass is 35.5. The number of H-pyrrole nitrogens is 1. The Morgan fingerprint density at radius 2 is 2.19 bits per heavy atom. The summed E-state index contributed by atoms with van der Waals surface area (Å²) in [5, 5.41) is 0.473. The molecule has 2 nitrogen and oxygen atoms in total. The van der Waals surface area contributed by atoms with Gasteiger partial charge in [-0.25, -0.2) is 9.37 Å². The molecule has 1 aromatic carbocycles. The number of aryl methyl sites for hydroxylation is 1. The van der Waals surface area contributed by atoms with Gasteiger partial charge in [0.1, 0.15) is 5.82 Å². The summed E-state index contributed by atoms with van der Waals surface area (Å²) in [6.07, 6.45) is 1.63. The lowest BCUT2D eigenvalue weighted by Gasteiger charge is -2.07. The normalized spacial score (nSPS) is 10.4. The Labute approximate surface area is 102 Å². The third-order valence-electron chi connectivity index (χ3n) is 2.20. The first-order valence-electron chi connectivity index (χ1n) is 4.59. The van der Waals surface area contributed by atoms with Crippen molar-refractivity contribution in [3.63, 3.8) is 0 Å². The maximum atomic E-state index is 13.2. The summed E-state index contributed by atoms with van der Waals surface area (Å²) in [4.78, 5) is 6.85. The molecule has 0 radical (unpaired) electrons. The standard InChI is InChI=1S/C11H8ClFN2S/c1-6-5-14-11(16)15-10(6)8-4-7(13)2-3-9(8)12/h2-5H,1H3,(H,14,15,16). The molecule has 1 N–H and O–H groups in total. The minimum atomic E-state index is -0.338. The fourth-order valence-corrected chi connectivity index (χ4v) is 1.79. The lowest BCUT2D eigenvalue weighted by atomic mass is 10.1. The average Bonchev–Trinajstić information content (AvgIpc) is 2.25. The van der Waals surface area contributed by atoms with E-state index in [1.807, 2.05) is 6.92 Å². The van der Waals surface area contributed by atoms with Crippen molar-refractivity contribution in [2.45, 2.75) is 6.92 Å². The molecule has 0 atom stereocenters. The molecule has 2 aromatic rings. The van der Waals surface area contributed by atoms with E-state index in [9.17, 15) is 4.39 Å². The molecule has 0 aliphatic rings. The van der Waals surface area contributed by atoms with Crippen molar-refractivity contribution in [3.8, 4) is 11.3 Å². The zero-order valence-electron chi connectivity index (χ0n) is 8.42. The summed E-state index contributed by atoms with van der Waals surface area (Å²) in [5.74, 6) is -0.338. The maximum absolute atomic E-state index is 13.2. The number of benzene rings is 1. The highest BCUT2D eigenvalue weighted by Crippen LogP contribution is 2.28. The SMILES string of the molecule is Cc1cnc(=S)[nH]c1-c1cc(F)ccc1Cl. The van der Waals surface area contributed by atoms with Crippen LogP contribution >= 0.6 is 23.8 Å². The quantitative estimate of drug-likeness (QED) is 0.782. The Hall–Kier alpha value is -1.26. The largest absolute Gasteiger partial charge is 0.330 e. The number of aromatic amines is 1. The first kappa shape index (κ1) is 11.2. The smallest absolute Gasteiger partial charge is 0.197 e. The predicted molar refractivity (Wildman–Crippen MR) is 64.6 cm³/mol. The van der Waals surface area contributed by atoms with E-state index in [0.717, 1.165) is 5.56 Å². The van der Waals surface area contributed by atoms with Crippen LogP contribution in [0.3, 0.4) is 0 Å². The number of rotatable bonds is 1. The van der Waals surface area contributed by atoms with E-state index in [1.54, 1.807) is 6.20 Å². The van der Waals surface area contributed by atoms with Crippen molar-refractivity contribution in [1.82, 2.24) is 9.97 Å². The van der Waals surface area contributed by atoms with Gasteiger partial charge in [0.25, 0.3) is 0 Å². The molecular weight excluding hydrogens is 247 g/mol. The van der Waals surface area contributed by atoms with Crippen LogP contribution in [0, 0.1) is 17.5 Å². The van der Waals surface area contributed by atoms with Crippen LogP contribution in [0.4, 0.5) is 4.39 Å². The number of hydrogen-bond donors (Lipinski definition) is 1. The van der Waals surface area contributed by atoms with E-state index in [4.69, 9.17) is 23.8 Å². The van der Waals surface area contributed by atoms with Crippen LogP contribution in [0.25, 0.3) is 11.3 Å². The van der Waals surface area contributed by atoms with E-state index in [0.29, 0.717) is 21.1 Å². The third-order valence-corrected chi connectivity index (χ3v) is 2.74. The second-order valence-corrected chi connectivity index (χ2v) is 4.16. The lowest BCUT2D eigenvalue weighted by molar-refractivity contribution is 0.628. The molecule has 5 heteroatoms. The Bertz CT molecular complexity index is 595. The molecule has 0 bridgehead atoms. The van der Waals surface area contributed by atoms with Crippen molar-refractivity contribution >= 4 is 23.8 Å². The van der Waals surface area contributed by atoms with Crippen molar-refractivity contribution in [2.75, 3.05) is 0 Å². The molecule has 1 heterocycles. The van der Waals surface area contributed by atoms with E-state index in [1.165, 1.54) is 18.2 Å². The van der Waals surface area contributed by atoms with Gasteiger partial charge in [-0.1, -0.05) is 11.6 Å². The topological polar surface area (TPSA) is 28.7 Å². The number of nitrogens with zero attached hydrogens (tertiary/aromatic N) is 1. The number of nitrogens with one attached hydrogen (secondary N) is 1. The molecule has 1 aromatic heterocycles. The second kappa shape index (κ2) is 4.31. The highest BCUT2D eigenvalue weighted by molar-refractivity contribution is 7.71. The molecule has 0 aliphatic carbocycles. The summed E-state index contributed by atoms with van der Waals surface area (Å²) < 4.78 is 13.5. The van der Waals surface area contributed by atoms with Crippen LogP contribution in [0.15, 0.2) is 24.4 Å². The average molecular weight is 255 g/mol. The van der Waals surface area contributed by atoms with Gasteiger partial charge in [-0.15, -0.1) is 0 Å². The van der Waals surface area contributed by atoms with Crippen LogP contribution in [0.1, 0.15) is 5.56 Å². The van der Waals surface area contributed by atoms with Gasteiger partial charge in [0, 0.05) is 11.8 Å². The second-order valence-electron chi connectivity index (χ2n) is 3.37. The minimum Gasteiger partial charge on any atom is -0.330 e. The molecule has 16 heavy (non-hydrogen) atoms.